The van der Waals surface area contributed by atoms with E-state index in [0.717, 1.165) is 11.4 Å². The summed E-state index contributed by atoms with van der Waals surface area (Å²) in [7, 11) is 0. The Labute approximate surface area is 145 Å². The highest BCUT2D eigenvalue weighted by molar-refractivity contribution is 6.34. The van der Waals surface area contributed by atoms with Crippen LogP contribution >= 0.6 is 0 Å². The number of hydrogen-bond acceptors (Lipinski definition) is 2. The maximum absolute atomic E-state index is 4.95. The summed E-state index contributed by atoms with van der Waals surface area (Å²) in [6.07, 6.45) is 0. The molecule has 1 aliphatic rings. The van der Waals surface area contributed by atoms with Crippen LogP contribution in [-0.2, 0) is 0 Å². The Balaban J connectivity index is 1.98. The zero-order valence-electron chi connectivity index (χ0n) is 15.5. The van der Waals surface area contributed by atoms with E-state index in [2.05, 4.69) is 90.1 Å². The monoisotopic (exact) mass is 318 g/mol. The van der Waals surface area contributed by atoms with Gasteiger partial charge in [0.1, 0.15) is 0 Å². The Morgan fingerprint density at radius 2 is 0.833 bits per heavy atom. The average molecular weight is 318 g/mol. The summed E-state index contributed by atoms with van der Waals surface area (Å²) in [6, 6.07) is 16.8. The van der Waals surface area contributed by atoms with Gasteiger partial charge in [-0.2, -0.15) is 0 Å². The Kier molecular flexibility index (Phi) is 3.95. The van der Waals surface area contributed by atoms with Gasteiger partial charge in [0.2, 0.25) is 0 Å². The molecule has 2 aromatic rings. The molecule has 2 heteroatoms. The maximum Gasteiger partial charge on any atom is 0.0630 e. The molecule has 0 saturated heterocycles. The van der Waals surface area contributed by atoms with Crippen LogP contribution in [0.2, 0.25) is 0 Å². The molecule has 124 valence electrons. The molecule has 24 heavy (non-hydrogen) atoms. The quantitative estimate of drug-likeness (QED) is 0.628. The molecule has 0 unspecified atom stereocenters. The second kappa shape index (κ2) is 5.70. The van der Waals surface area contributed by atoms with Crippen molar-refractivity contribution in [1.29, 1.82) is 0 Å². The Morgan fingerprint density at radius 1 is 0.542 bits per heavy atom. The predicted octanol–water partition coefficient (Wildman–Crippen LogP) is 6.21. The van der Waals surface area contributed by atoms with E-state index in [-0.39, 0.29) is 10.8 Å². The van der Waals surface area contributed by atoms with Crippen molar-refractivity contribution in [3.63, 3.8) is 0 Å². The molecule has 0 N–H and O–H groups in total. The normalized spacial score (nSPS) is 18.1. The summed E-state index contributed by atoms with van der Waals surface area (Å²) >= 11 is 0. The van der Waals surface area contributed by atoms with Crippen molar-refractivity contribution in [2.24, 2.45) is 20.8 Å². The van der Waals surface area contributed by atoms with Crippen LogP contribution in [0, 0.1) is 24.7 Å². The van der Waals surface area contributed by atoms with Crippen LogP contribution in [0.3, 0.4) is 0 Å². The van der Waals surface area contributed by atoms with Crippen molar-refractivity contribution < 1.29 is 0 Å². The lowest BCUT2D eigenvalue weighted by Crippen LogP contribution is -2.61. The molecular formula is C22H26N2. The van der Waals surface area contributed by atoms with E-state index >= 15 is 0 Å². The van der Waals surface area contributed by atoms with E-state index in [9.17, 15) is 0 Å². The van der Waals surface area contributed by atoms with E-state index in [0.29, 0.717) is 0 Å². The first kappa shape index (κ1) is 16.6. The maximum atomic E-state index is 4.95. The van der Waals surface area contributed by atoms with Gasteiger partial charge in [-0.15, -0.1) is 0 Å². The van der Waals surface area contributed by atoms with E-state index in [1.54, 1.807) is 0 Å². The topological polar surface area (TPSA) is 24.7 Å². The van der Waals surface area contributed by atoms with Gasteiger partial charge < -0.3 is 0 Å². The minimum absolute atomic E-state index is 0.112. The van der Waals surface area contributed by atoms with Crippen molar-refractivity contribution in [1.82, 2.24) is 0 Å². The molecule has 0 aliphatic heterocycles. The van der Waals surface area contributed by atoms with Crippen LogP contribution in [0.15, 0.2) is 58.5 Å². The highest BCUT2D eigenvalue weighted by Gasteiger charge is 2.56. The van der Waals surface area contributed by atoms with E-state index < -0.39 is 0 Å². The predicted molar refractivity (Wildman–Crippen MR) is 104 cm³/mol. The highest BCUT2D eigenvalue weighted by atomic mass is 14.9. The molecule has 2 nitrogen and oxygen atoms in total. The number of nitrogens with zero attached hydrogens (tertiary/aromatic N) is 2. The summed E-state index contributed by atoms with van der Waals surface area (Å²) < 4.78 is 0. The molecule has 1 aliphatic carbocycles. The van der Waals surface area contributed by atoms with E-state index in [1.165, 1.54) is 22.6 Å². The molecule has 2 aromatic carbocycles. The number of rotatable bonds is 2. The number of benzene rings is 2. The first-order valence-electron chi connectivity index (χ1n) is 8.54. The van der Waals surface area contributed by atoms with Crippen molar-refractivity contribution in [2.45, 2.75) is 41.5 Å². The van der Waals surface area contributed by atoms with Crippen LogP contribution in [0.25, 0.3) is 0 Å². The lowest BCUT2D eigenvalue weighted by atomic mass is 9.52. The third-order valence-corrected chi connectivity index (χ3v) is 4.92. The van der Waals surface area contributed by atoms with Crippen LogP contribution in [-0.4, -0.2) is 11.4 Å². The second-order valence-corrected chi connectivity index (χ2v) is 7.84. The Bertz CT molecular complexity index is 717. The number of hydrogen-bond donors (Lipinski definition) is 0. The van der Waals surface area contributed by atoms with Crippen LogP contribution in [0.4, 0.5) is 11.4 Å². The van der Waals surface area contributed by atoms with Gasteiger partial charge in [0, 0.05) is 22.3 Å². The minimum Gasteiger partial charge on any atom is -0.256 e. The highest BCUT2D eigenvalue weighted by Crippen LogP contribution is 2.50. The molecule has 0 spiro atoms. The summed E-state index contributed by atoms with van der Waals surface area (Å²) in [5, 5.41) is 0. The van der Waals surface area contributed by atoms with Gasteiger partial charge in [-0.1, -0.05) is 35.4 Å². The largest absolute Gasteiger partial charge is 0.256 e. The van der Waals surface area contributed by atoms with Gasteiger partial charge in [-0.3, -0.25) is 9.98 Å². The van der Waals surface area contributed by atoms with Gasteiger partial charge in [-0.05, 0) is 65.8 Å². The molecule has 0 heterocycles. The van der Waals surface area contributed by atoms with E-state index in [1.807, 2.05) is 0 Å². The fourth-order valence-corrected chi connectivity index (χ4v) is 3.78. The fourth-order valence-electron chi connectivity index (χ4n) is 3.78. The van der Waals surface area contributed by atoms with Gasteiger partial charge in [0.15, 0.2) is 0 Å². The third kappa shape index (κ3) is 2.82. The molecule has 0 amide bonds. The smallest absolute Gasteiger partial charge is 0.0630 e. The fraction of sp³-hybridized carbons (Fsp3) is 0.364. The molecule has 1 saturated carbocycles. The zero-order valence-corrected chi connectivity index (χ0v) is 15.5. The Morgan fingerprint density at radius 3 is 1.12 bits per heavy atom. The van der Waals surface area contributed by atoms with Gasteiger partial charge in [0.25, 0.3) is 0 Å². The van der Waals surface area contributed by atoms with Crippen LogP contribution in [0.5, 0.6) is 0 Å². The summed E-state index contributed by atoms with van der Waals surface area (Å²) in [6.45, 7) is 13.1. The van der Waals surface area contributed by atoms with Crippen molar-refractivity contribution in [3.8, 4) is 0 Å². The first-order valence-corrected chi connectivity index (χ1v) is 8.54. The lowest BCUT2D eigenvalue weighted by molar-refractivity contribution is 0.491. The number of aliphatic imine (C=N–C) groups is 2. The van der Waals surface area contributed by atoms with Crippen molar-refractivity contribution >= 4 is 22.8 Å². The number of aryl methyl sites for hydroxylation is 2. The second-order valence-electron chi connectivity index (χ2n) is 7.84. The summed E-state index contributed by atoms with van der Waals surface area (Å²) in [4.78, 5) is 9.91. The molecule has 1 fully saturated rings. The first-order chi connectivity index (χ1) is 11.2. The minimum atomic E-state index is -0.112. The average Bonchev–Trinajstić information content (AvgIpc) is 2.53. The molecule has 0 atom stereocenters. The van der Waals surface area contributed by atoms with Crippen LogP contribution < -0.4 is 0 Å². The van der Waals surface area contributed by atoms with Gasteiger partial charge >= 0.3 is 0 Å². The molecule has 0 aromatic heterocycles. The summed E-state index contributed by atoms with van der Waals surface area (Å²) in [5.74, 6) is 0. The molecule has 3 rings (SSSR count). The van der Waals surface area contributed by atoms with Gasteiger partial charge in [0.05, 0.1) is 11.4 Å². The van der Waals surface area contributed by atoms with Crippen LogP contribution in [0.1, 0.15) is 38.8 Å². The zero-order chi connectivity index (χ0) is 17.5. The van der Waals surface area contributed by atoms with Gasteiger partial charge in [-0.25, -0.2) is 0 Å². The van der Waals surface area contributed by atoms with Crippen molar-refractivity contribution in [2.75, 3.05) is 0 Å². The summed E-state index contributed by atoms with van der Waals surface area (Å²) in [5.41, 5.74) is 6.73. The van der Waals surface area contributed by atoms with Crippen molar-refractivity contribution in [3.05, 3.63) is 59.7 Å². The van der Waals surface area contributed by atoms with E-state index in [4.69, 9.17) is 9.98 Å². The standard InChI is InChI=1S/C22H26N2/c1-15-7-11-17(12-8-15)23-19-21(3,4)20(22(19,5)6)24-18-13-9-16(2)10-14-18/h7-14H,1-6H3. The third-order valence-electron chi connectivity index (χ3n) is 4.92. The lowest BCUT2D eigenvalue weighted by Gasteiger charge is -2.52. The Hall–Kier alpha value is -2.22. The molecule has 0 bridgehead atoms. The molecule has 0 radical (unpaired) electrons. The SMILES string of the molecule is Cc1ccc(N=C2C(C)(C)C(=Nc3ccc(C)cc3)C2(C)C)cc1. The molecular weight excluding hydrogens is 292 g/mol.